The number of benzene rings is 1. The van der Waals surface area contributed by atoms with Crippen LogP contribution < -0.4 is 10.2 Å². The Morgan fingerprint density at radius 1 is 1.16 bits per heavy atom. The van der Waals surface area contributed by atoms with Crippen LogP contribution in [-0.2, 0) is 13.1 Å². The number of nitrogens with zero attached hydrogens (tertiary/aromatic N) is 1. The molecule has 0 amide bonds. The first-order chi connectivity index (χ1) is 9.16. The molecule has 0 unspecified atom stereocenters. The molecule has 0 bridgehead atoms. The molecule has 1 N–H and O–H groups in total. The summed E-state index contributed by atoms with van der Waals surface area (Å²) in [6.45, 7) is 6.24. The summed E-state index contributed by atoms with van der Waals surface area (Å²) in [6.07, 6.45) is 0. The Labute approximate surface area is 120 Å². The number of hydrogen-bond acceptors (Lipinski definition) is 3. The summed E-state index contributed by atoms with van der Waals surface area (Å²) in [5.74, 6) is 0. The molecule has 0 radical (unpaired) electrons. The number of para-hydroxylation sites is 1. The summed E-state index contributed by atoms with van der Waals surface area (Å²) in [5.41, 5.74) is 2.67. The number of anilines is 1. The molecule has 1 aromatic carbocycles. The second-order valence-corrected chi connectivity index (χ2v) is 6.13. The van der Waals surface area contributed by atoms with E-state index in [9.17, 15) is 0 Å². The van der Waals surface area contributed by atoms with Crippen LogP contribution in [0.15, 0.2) is 41.8 Å². The molecule has 19 heavy (non-hydrogen) atoms. The van der Waals surface area contributed by atoms with Gasteiger partial charge in [-0.1, -0.05) is 38.1 Å². The lowest BCUT2D eigenvalue weighted by Crippen LogP contribution is -2.24. The minimum atomic E-state index is 0.510. The van der Waals surface area contributed by atoms with Gasteiger partial charge >= 0.3 is 0 Å². The minimum absolute atomic E-state index is 0.510. The topological polar surface area (TPSA) is 15.3 Å². The summed E-state index contributed by atoms with van der Waals surface area (Å²) in [7, 11) is 2.16. The molecule has 0 saturated heterocycles. The van der Waals surface area contributed by atoms with Gasteiger partial charge in [0.05, 0.1) is 6.54 Å². The standard InChI is InChI=1S/C16H22N2S/c1-13(2)17-11-14-7-4-5-9-16(14)18(3)12-15-8-6-10-19-15/h4-10,13,17H,11-12H2,1-3H3. The molecule has 2 nitrogen and oxygen atoms in total. The lowest BCUT2D eigenvalue weighted by Gasteiger charge is -2.22. The molecule has 0 aliphatic carbocycles. The van der Waals surface area contributed by atoms with Gasteiger partial charge in [-0.3, -0.25) is 0 Å². The predicted octanol–water partition coefficient (Wildman–Crippen LogP) is 3.88. The first kappa shape index (κ1) is 14.1. The fraction of sp³-hybridized carbons (Fsp3) is 0.375. The zero-order valence-corrected chi connectivity index (χ0v) is 12.7. The van der Waals surface area contributed by atoms with Gasteiger partial charge in [-0.15, -0.1) is 11.3 Å². The minimum Gasteiger partial charge on any atom is -0.369 e. The SMILES string of the molecule is CC(C)NCc1ccccc1N(C)Cc1cccs1. The quantitative estimate of drug-likeness (QED) is 0.860. The summed E-state index contributed by atoms with van der Waals surface area (Å²) in [5, 5.41) is 5.63. The number of thiophene rings is 1. The molecule has 1 aromatic heterocycles. The van der Waals surface area contributed by atoms with E-state index in [2.05, 4.69) is 72.9 Å². The third kappa shape index (κ3) is 4.08. The summed E-state index contributed by atoms with van der Waals surface area (Å²) in [4.78, 5) is 3.72. The molecule has 102 valence electrons. The highest BCUT2D eigenvalue weighted by Gasteiger charge is 2.08. The van der Waals surface area contributed by atoms with Crippen molar-refractivity contribution in [3.63, 3.8) is 0 Å². The fourth-order valence-electron chi connectivity index (χ4n) is 2.07. The Morgan fingerprint density at radius 2 is 1.95 bits per heavy atom. The zero-order chi connectivity index (χ0) is 13.7. The fourth-order valence-corrected chi connectivity index (χ4v) is 2.83. The van der Waals surface area contributed by atoms with Crippen molar-refractivity contribution in [1.29, 1.82) is 0 Å². The highest BCUT2D eigenvalue weighted by Crippen LogP contribution is 2.22. The number of hydrogen-bond donors (Lipinski definition) is 1. The van der Waals surface area contributed by atoms with Gasteiger partial charge in [0.2, 0.25) is 0 Å². The van der Waals surface area contributed by atoms with Gasteiger partial charge in [0.1, 0.15) is 0 Å². The lowest BCUT2D eigenvalue weighted by atomic mass is 10.1. The van der Waals surface area contributed by atoms with Crippen molar-refractivity contribution in [1.82, 2.24) is 5.32 Å². The molecule has 3 heteroatoms. The van der Waals surface area contributed by atoms with Crippen LogP contribution in [0.3, 0.4) is 0 Å². The molecule has 0 spiro atoms. The van der Waals surface area contributed by atoms with Gasteiger partial charge in [0, 0.05) is 30.2 Å². The maximum Gasteiger partial charge on any atom is 0.0519 e. The first-order valence-electron chi connectivity index (χ1n) is 6.71. The van der Waals surface area contributed by atoms with Gasteiger partial charge in [-0.05, 0) is 23.1 Å². The normalized spacial score (nSPS) is 10.9. The van der Waals surface area contributed by atoms with E-state index in [-0.39, 0.29) is 0 Å². The molecular weight excluding hydrogens is 252 g/mol. The predicted molar refractivity (Wildman–Crippen MR) is 84.8 cm³/mol. The molecule has 0 aliphatic heterocycles. The molecule has 2 aromatic rings. The number of rotatable bonds is 6. The van der Waals surface area contributed by atoms with Crippen LogP contribution in [0.4, 0.5) is 5.69 Å². The highest BCUT2D eigenvalue weighted by atomic mass is 32.1. The first-order valence-corrected chi connectivity index (χ1v) is 7.59. The Kier molecular flexibility index (Phi) is 5.00. The average molecular weight is 274 g/mol. The van der Waals surface area contributed by atoms with E-state index in [0.29, 0.717) is 6.04 Å². The lowest BCUT2D eigenvalue weighted by molar-refractivity contribution is 0.588. The van der Waals surface area contributed by atoms with Crippen molar-refractivity contribution >= 4 is 17.0 Å². The zero-order valence-electron chi connectivity index (χ0n) is 11.9. The van der Waals surface area contributed by atoms with E-state index in [4.69, 9.17) is 0 Å². The van der Waals surface area contributed by atoms with E-state index < -0.39 is 0 Å². The van der Waals surface area contributed by atoms with E-state index in [1.165, 1.54) is 16.1 Å². The molecule has 0 fully saturated rings. The third-order valence-electron chi connectivity index (χ3n) is 3.08. The Balaban J connectivity index is 2.09. The molecule has 0 saturated carbocycles. The monoisotopic (exact) mass is 274 g/mol. The third-order valence-corrected chi connectivity index (χ3v) is 3.94. The van der Waals surface area contributed by atoms with Gasteiger partial charge in [0.15, 0.2) is 0 Å². The van der Waals surface area contributed by atoms with Gasteiger partial charge in [0.25, 0.3) is 0 Å². The van der Waals surface area contributed by atoms with Crippen LogP contribution in [0.25, 0.3) is 0 Å². The number of nitrogens with one attached hydrogen (secondary N) is 1. The van der Waals surface area contributed by atoms with Crippen LogP contribution in [0, 0.1) is 0 Å². The van der Waals surface area contributed by atoms with Crippen molar-refractivity contribution in [3.05, 3.63) is 52.2 Å². The van der Waals surface area contributed by atoms with Crippen molar-refractivity contribution in [2.24, 2.45) is 0 Å². The molecule has 0 atom stereocenters. The van der Waals surface area contributed by atoms with Crippen LogP contribution in [0.1, 0.15) is 24.3 Å². The van der Waals surface area contributed by atoms with Crippen molar-refractivity contribution in [2.45, 2.75) is 33.0 Å². The average Bonchev–Trinajstić information content (AvgIpc) is 2.89. The van der Waals surface area contributed by atoms with Crippen molar-refractivity contribution in [3.8, 4) is 0 Å². The smallest absolute Gasteiger partial charge is 0.0519 e. The Bertz CT molecular complexity index is 491. The van der Waals surface area contributed by atoms with E-state index in [1.54, 1.807) is 0 Å². The molecule has 1 heterocycles. The Morgan fingerprint density at radius 3 is 2.63 bits per heavy atom. The van der Waals surface area contributed by atoms with Crippen LogP contribution >= 0.6 is 11.3 Å². The van der Waals surface area contributed by atoms with Crippen LogP contribution in [0.5, 0.6) is 0 Å². The second kappa shape index (κ2) is 6.73. The van der Waals surface area contributed by atoms with E-state index in [0.717, 1.165) is 13.1 Å². The van der Waals surface area contributed by atoms with Gasteiger partial charge < -0.3 is 10.2 Å². The summed E-state index contributed by atoms with van der Waals surface area (Å²) < 4.78 is 0. The molecular formula is C16H22N2S. The summed E-state index contributed by atoms with van der Waals surface area (Å²) in [6, 6.07) is 13.4. The van der Waals surface area contributed by atoms with Gasteiger partial charge in [-0.25, -0.2) is 0 Å². The van der Waals surface area contributed by atoms with E-state index in [1.807, 2.05) is 11.3 Å². The maximum atomic E-state index is 3.49. The molecule has 2 rings (SSSR count). The molecule has 0 aliphatic rings. The maximum absolute atomic E-state index is 3.49. The second-order valence-electron chi connectivity index (χ2n) is 5.10. The highest BCUT2D eigenvalue weighted by molar-refractivity contribution is 7.09. The van der Waals surface area contributed by atoms with E-state index >= 15 is 0 Å². The van der Waals surface area contributed by atoms with Gasteiger partial charge in [-0.2, -0.15) is 0 Å². The van der Waals surface area contributed by atoms with Crippen LogP contribution in [-0.4, -0.2) is 13.1 Å². The van der Waals surface area contributed by atoms with Crippen molar-refractivity contribution in [2.75, 3.05) is 11.9 Å². The largest absolute Gasteiger partial charge is 0.369 e. The Hall–Kier alpha value is -1.32. The van der Waals surface area contributed by atoms with Crippen molar-refractivity contribution < 1.29 is 0 Å². The van der Waals surface area contributed by atoms with Crippen LogP contribution in [0.2, 0.25) is 0 Å². The summed E-state index contributed by atoms with van der Waals surface area (Å²) >= 11 is 1.81.